The molecule has 0 aliphatic rings. The van der Waals surface area contributed by atoms with E-state index in [0.717, 1.165) is 24.9 Å². The fourth-order valence-corrected chi connectivity index (χ4v) is 1.77. The summed E-state index contributed by atoms with van der Waals surface area (Å²) in [4.78, 5) is 0. The lowest BCUT2D eigenvalue weighted by Gasteiger charge is -2.18. The molecule has 0 aliphatic heterocycles. The van der Waals surface area contributed by atoms with Gasteiger partial charge >= 0.3 is 0 Å². The molecule has 0 aromatic heterocycles. The molecule has 0 amide bonds. The molecule has 0 saturated heterocycles. The van der Waals surface area contributed by atoms with Crippen molar-refractivity contribution in [1.82, 2.24) is 5.32 Å². The van der Waals surface area contributed by atoms with Gasteiger partial charge < -0.3 is 15.2 Å². The highest BCUT2D eigenvalue weighted by Crippen LogP contribution is 2.25. The molecule has 3 heteroatoms. The van der Waals surface area contributed by atoms with Crippen LogP contribution in [0, 0.1) is 0 Å². The number of hydrogen-bond donors (Lipinski definition) is 2. The second-order valence-electron chi connectivity index (χ2n) is 3.86. The summed E-state index contributed by atoms with van der Waals surface area (Å²) in [6.45, 7) is 7.13. The first-order chi connectivity index (χ1) is 8.29. The summed E-state index contributed by atoms with van der Waals surface area (Å²) in [5.41, 5.74) is 0.958. The molecule has 0 spiro atoms. The molecule has 0 bridgehead atoms. The first kappa shape index (κ1) is 13.6. The zero-order valence-electron chi connectivity index (χ0n) is 10.4. The highest BCUT2D eigenvalue weighted by Gasteiger charge is 2.11. The van der Waals surface area contributed by atoms with E-state index in [1.807, 2.05) is 18.2 Å². The molecule has 94 valence electrons. The van der Waals surface area contributed by atoms with Gasteiger partial charge in [-0.2, -0.15) is 0 Å². The number of aromatic hydroxyl groups is 1. The van der Waals surface area contributed by atoms with E-state index in [4.69, 9.17) is 4.74 Å². The normalized spacial score (nSPS) is 12.1. The maximum atomic E-state index is 9.77. The van der Waals surface area contributed by atoms with E-state index in [1.165, 1.54) is 6.26 Å². The molecular formula is C14H21NO2. The summed E-state index contributed by atoms with van der Waals surface area (Å²) in [6, 6.07) is 7.65. The Bertz CT molecular complexity index is 339. The summed E-state index contributed by atoms with van der Waals surface area (Å²) in [5.74, 6) is 0.356. The number of para-hydroxylation sites is 1. The maximum absolute atomic E-state index is 9.77. The van der Waals surface area contributed by atoms with Gasteiger partial charge in [-0.3, -0.25) is 0 Å². The van der Waals surface area contributed by atoms with Crippen molar-refractivity contribution in [3.8, 4) is 5.75 Å². The van der Waals surface area contributed by atoms with Gasteiger partial charge in [-0.25, -0.2) is 0 Å². The minimum atomic E-state index is 0.194. The Labute approximate surface area is 103 Å². The first-order valence-electron chi connectivity index (χ1n) is 6.03. The van der Waals surface area contributed by atoms with Crippen LogP contribution in [-0.4, -0.2) is 18.3 Å². The quantitative estimate of drug-likeness (QED) is 0.537. The van der Waals surface area contributed by atoms with Crippen molar-refractivity contribution in [2.24, 2.45) is 0 Å². The molecule has 0 fully saturated rings. The van der Waals surface area contributed by atoms with Gasteiger partial charge in [-0.05, 0) is 25.5 Å². The third-order valence-corrected chi connectivity index (χ3v) is 2.67. The number of phenols is 1. The van der Waals surface area contributed by atoms with E-state index in [-0.39, 0.29) is 6.04 Å². The molecular weight excluding hydrogens is 214 g/mol. The first-order valence-corrected chi connectivity index (χ1v) is 6.03. The summed E-state index contributed by atoms with van der Waals surface area (Å²) >= 11 is 0. The van der Waals surface area contributed by atoms with Crippen molar-refractivity contribution in [2.45, 2.75) is 25.8 Å². The van der Waals surface area contributed by atoms with Crippen LogP contribution in [0.2, 0.25) is 0 Å². The third kappa shape index (κ3) is 4.49. The zero-order valence-corrected chi connectivity index (χ0v) is 10.4. The van der Waals surface area contributed by atoms with E-state index < -0.39 is 0 Å². The van der Waals surface area contributed by atoms with Crippen LogP contribution in [0.1, 0.15) is 31.4 Å². The lowest BCUT2D eigenvalue weighted by atomic mass is 10.0. The van der Waals surface area contributed by atoms with E-state index in [1.54, 1.807) is 6.07 Å². The van der Waals surface area contributed by atoms with Crippen LogP contribution in [0.4, 0.5) is 0 Å². The highest BCUT2D eigenvalue weighted by atomic mass is 16.5. The molecule has 0 aliphatic carbocycles. The van der Waals surface area contributed by atoms with E-state index in [0.29, 0.717) is 12.4 Å². The van der Waals surface area contributed by atoms with E-state index in [9.17, 15) is 5.11 Å². The van der Waals surface area contributed by atoms with Crippen molar-refractivity contribution < 1.29 is 9.84 Å². The van der Waals surface area contributed by atoms with Crippen LogP contribution < -0.4 is 5.32 Å². The number of phenolic OH excluding ortho intramolecular Hbond substituents is 1. The Morgan fingerprint density at radius 1 is 1.47 bits per heavy atom. The molecule has 1 aromatic carbocycles. The second-order valence-corrected chi connectivity index (χ2v) is 3.86. The Kier molecular flexibility index (Phi) is 6.18. The number of benzene rings is 1. The molecule has 1 aromatic rings. The molecule has 2 N–H and O–H groups in total. The lowest BCUT2D eigenvalue weighted by Crippen LogP contribution is -2.22. The van der Waals surface area contributed by atoms with Crippen LogP contribution in [0.25, 0.3) is 0 Å². The maximum Gasteiger partial charge on any atom is 0.120 e. The van der Waals surface area contributed by atoms with Crippen molar-refractivity contribution in [3.05, 3.63) is 42.7 Å². The lowest BCUT2D eigenvalue weighted by molar-refractivity contribution is 0.242. The molecule has 17 heavy (non-hydrogen) atoms. The molecule has 3 nitrogen and oxygen atoms in total. The van der Waals surface area contributed by atoms with Crippen LogP contribution in [0.5, 0.6) is 5.75 Å². The standard InChI is InChI=1S/C14H21NO2/c1-3-13(15-10-7-11-17-4-2)12-8-5-6-9-14(12)16/h4-6,8-9,13,15-16H,2-3,7,10-11H2,1H3. The third-order valence-electron chi connectivity index (χ3n) is 2.67. The van der Waals surface area contributed by atoms with Gasteiger partial charge in [0.05, 0.1) is 12.9 Å². The zero-order chi connectivity index (χ0) is 12.5. The fraction of sp³-hybridized carbons (Fsp3) is 0.429. The van der Waals surface area contributed by atoms with Gasteiger partial charge in [0.15, 0.2) is 0 Å². The summed E-state index contributed by atoms with van der Waals surface area (Å²) in [6.07, 6.45) is 3.33. The van der Waals surface area contributed by atoms with Gasteiger partial charge in [0.25, 0.3) is 0 Å². The molecule has 1 unspecified atom stereocenters. The van der Waals surface area contributed by atoms with Gasteiger partial charge in [0.2, 0.25) is 0 Å². The Hall–Kier alpha value is -1.48. The SMILES string of the molecule is C=COCCCNC(CC)c1ccccc1O. The summed E-state index contributed by atoms with van der Waals surface area (Å²) in [5, 5.41) is 13.2. The molecule has 1 rings (SSSR count). The Morgan fingerprint density at radius 3 is 2.88 bits per heavy atom. The average Bonchev–Trinajstić information content (AvgIpc) is 2.35. The van der Waals surface area contributed by atoms with Crippen molar-refractivity contribution in [3.63, 3.8) is 0 Å². The molecule has 0 saturated carbocycles. The van der Waals surface area contributed by atoms with Gasteiger partial charge in [0.1, 0.15) is 5.75 Å². The van der Waals surface area contributed by atoms with Gasteiger partial charge in [-0.1, -0.05) is 31.7 Å². The van der Waals surface area contributed by atoms with Crippen LogP contribution in [-0.2, 0) is 4.74 Å². The van der Waals surface area contributed by atoms with Crippen LogP contribution in [0.3, 0.4) is 0 Å². The Morgan fingerprint density at radius 2 is 2.24 bits per heavy atom. The number of ether oxygens (including phenoxy) is 1. The minimum Gasteiger partial charge on any atom is -0.508 e. The minimum absolute atomic E-state index is 0.194. The number of rotatable bonds is 8. The Balaban J connectivity index is 2.43. The number of hydrogen-bond acceptors (Lipinski definition) is 3. The van der Waals surface area contributed by atoms with E-state index >= 15 is 0 Å². The van der Waals surface area contributed by atoms with Crippen molar-refractivity contribution in [2.75, 3.05) is 13.2 Å². The predicted octanol–water partition coefficient (Wildman–Crippen LogP) is 2.98. The second kappa shape index (κ2) is 7.74. The molecule has 0 radical (unpaired) electrons. The molecule has 0 heterocycles. The average molecular weight is 235 g/mol. The summed E-state index contributed by atoms with van der Waals surface area (Å²) < 4.78 is 5.05. The highest BCUT2D eigenvalue weighted by molar-refractivity contribution is 5.34. The number of nitrogens with one attached hydrogen (secondary N) is 1. The topological polar surface area (TPSA) is 41.5 Å². The van der Waals surface area contributed by atoms with Crippen LogP contribution >= 0.6 is 0 Å². The molecule has 1 atom stereocenters. The predicted molar refractivity (Wildman–Crippen MR) is 69.9 cm³/mol. The summed E-state index contributed by atoms with van der Waals surface area (Å²) in [7, 11) is 0. The monoisotopic (exact) mass is 235 g/mol. The van der Waals surface area contributed by atoms with Gasteiger partial charge in [-0.15, -0.1) is 0 Å². The van der Waals surface area contributed by atoms with Gasteiger partial charge in [0, 0.05) is 11.6 Å². The smallest absolute Gasteiger partial charge is 0.120 e. The van der Waals surface area contributed by atoms with Crippen LogP contribution in [0.15, 0.2) is 37.1 Å². The van der Waals surface area contributed by atoms with Crippen molar-refractivity contribution >= 4 is 0 Å². The fourth-order valence-electron chi connectivity index (χ4n) is 1.77. The van der Waals surface area contributed by atoms with E-state index in [2.05, 4.69) is 18.8 Å². The largest absolute Gasteiger partial charge is 0.508 e. The van der Waals surface area contributed by atoms with Crippen molar-refractivity contribution in [1.29, 1.82) is 0 Å².